The van der Waals surface area contributed by atoms with Crippen molar-refractivity contribution in [3.8, 4) is 0 Å². The van der Waals surface area contributed by atoms with Crippen LogP contribution in [0.25, 0.3) is 0 Å². The van der Waals surface area contributed by atoms with E-state index in [1.165, 1.54) is 0 Å². The fourth-order valence-corrected chi connectivity index (χ4v) is 1.24. The SMILES string of the molecule is C=CCN(CC=C)CC(Cl)(Cl)C=O. The first-order valence-electron chi connectivity index (χ1n) is 3.84. The minimum Gasteiger partial charge on any atom is -0.300 e. The number of carbonyl (C=O) groups excluding carboxylic acids is 1. The summed E-state index contributed by atoms with van der Waals surface area (Å²) in [6, 6.07) is 0. The van der Waals surface area contributed by atoms with Crippen LogP contribution in [-0.4, -0.2) is 35.2 Å². The molecule has 0 aliphatic rings. The van der Waals surface area contributed by atoms with E-state index >= 15 is 0 Å². The van der Waals surface area contributed by atoms with E-state index in [1.807, 2.05) is 4.90 Å². The highest BCUT2D eigenvalue weighted by atomic mass is 35.5. The number of rotatable bonds is 7. The molecule has 13 heavy (non-hydrogen) atoms. The lowest BCUT2D eigenvalue weighted by atomic mass is 10.3. The zero-order valence-corrected chi connectivity index (χ0v) is 8.89. The molecule has 0 rings (SSSR count). The molecular formula is C9H13Cl2NO. The summed E-state index contributed by atoms with van der Waals surface area (Å²) >= 11 is 11.3. The summed E-state index contributed by atoms with van der Waals surface area (Å²) in [6.07, 6.45) is 3.96. The molecule has 0 aromatic carbocycles. The molecule has 0 saturated heterocycles. The van der Waals surface area contributed by atoms with Crippen LogP contribution in [0.2, 0.25) is 0 Å². The van der Waals surface area contributed by atoms with Crippen LogP contribution in [0.4, 0.5) is 0 Å². The van der Waals surface area contributed by atoms with E-state index in [-0.39, 0.29) is 6.54 Å². The molecule has 0 bridgehead atoms. The average Bonchev–Trinajstić information content (AvgIpc) is 2.05. The molecule has 0 aromatic heterocycles. The Morgan fingerprint density at radius 1 is 1.23 bits per heavy atom. The highest BCUT2D eigenvalue weighted by Crippen LogP contribution is 2.19. The van der Waals surface area contributed by atoms with Crippen LogP contribution in [0.15, 0.2) is 25.3 Å². The van der Waals surface area contributed by atoms with Gasteiger partial charge < -0.3 is 0 Å². The topological polar surface area (TPSA) is 20.3 Å². The molecule has 0 N–H and O–H groups in total. The van der Waals surface area contributed by atoms with Gasteiger partial charge in [-0.3, -0.25) is 9.69 Å². The van der Waals surface area contributed by atoms with Crippen LogP contribution >= 0.6 is 23.2 Å². The zero-order valence-electron chi connectivity index (χ0n) is 7.38. The lowest BCUT2D eigenvalue weighted by Crippen LogP contribution is -2.36. The van der Waals surface area contributed by atoms with Gasteiger partial charge in [-0.05, 0) is 0 Å². The van der Waals surface area contributed by atoms with Crippen molar-refractivity contribution in [2.75, 3.05) is 19.6 Å². The van der Waals surface area contributed by atoms with Gasteiger partial charge in [0, 0.05) is 19.6 Å². The van der Waals surface area contributed by atoms with E-state index in [0.717, 1.165) is 0 Å². The van der Waals surface area contributed by atoms with Crippen molar-refractivity contribution in [3.05, 3.63) is 25.3 Å². The quantitative estimate of drug-likeness (QED) is 0.373. The van der Waals surface area contributed by atoms with E-state index in [2.05, 4.69) is 13.2 Å². The third-order valence-electron chi connectivity index (χ3n) is 1.38. The number of halogens is 2. The summed E-state index contributed by atoms with van der Waals surface area (Å²) in [6.45, 7) is 8.70. The average molecular weight is 222 g/mol. The molecule has 0 heterocycles. The fourth-order valence-electron chi connectivity index (χ4n) is 0.904. The maximum absolute atomic E-state index is 10.4. The Kier molecular flexibility index (Phi) is 6.04. The number of carbonyl (C=O) groups is 1. The molecule has 0 fully saturated rings. The largest absolute Gasteiger partial charge is 0.300 e. The highest BCUT2D eigenvalue weighted by Gasteiger charge is 2.25. The molecule has 0 atom stereocenters. The monoisotopic (exact) mass is 221 g/mol. The van der Waals surface area contributed by atoms with Crippen molar-refractivity contribution in [1.82, 2.24) is 4.90 Å². The molecule has 0 aliphatic carbocycles. The Balaban J connectivity index is 4.14. The number of aldehydes is 1. The molecule has 0 saturated carbocycles. The summed E-state index contributed by atoms with van der Waals surface area (Å²) < 4.78 is -1.34. The number of alkyl halides is 2. The summed E-state index contributed by atoms with van der Waals surface area (Å²) in [5.41, 5.74) is 0. The minimum absolute atomic E-state index is 0.275. The first kappa shape index (κ1) is 12.7. The minimum atomic E-state index is -1.34. The van der Waals surface area contributed by atoms with Gasteiger partial charge in [0.25, 0.3) is 0 Å². The van der Waals surface area contributed by atoms with Gasteiger partial charge in [-0.15, -0.1) is 13.2 Å². The first-order valence-corrected chi connectivity index (χ1v) is 4.59. The van der Waals surface area contributed by atoms with E-state index in [1.54, 1.807) is 12.2 Å². The van der Waals surface area contributed by atoms with Gasteiger partial charge in [0.2, 0.25) is 0 Å². The second kappa shape index (κ2) is 6.19. The Labute approximate surface area is 88.8 Å². The first-order chi connectivity index (χ1) is 6.05. The second-order valence-corrected chi connectivity index (χ2v) is 4.19. The standard InChI is InChI=1S/C9H13Cl2NO/c1-3-5-12(6-4-2)7-9(10,11)8-13/h3-4,8H,1-2,5-7H2. The van der Waals surface area contributed by atoms with E-state index in [0.29, 0.717) is 19.4 Å². The third-order valence-corrected chi connectivity index (χ3v) is 1.80. The third kappa shape index (κ3) is 5.86. The molecule has 4 heteroatoms. The molecule has 0 aromatic rings. The summed E-state index contributed by atoms with van der Waals surface area (Å²) in [5, 5.41) is 0. The Bertz CT molecular complexity index is 182. The number of nitrogens with zero attached hydrogens (tertiary/aromatic N) is 1. The zero-order chi connectivity index (χ0) is 10.3. The van der Waals surface area contributed by atoms with Crippen LogP contribution in [0.3, 0.4) is 0 Å². The van der Waals surface area contributed by atoms with Gasteiger partial charge in [-0.1, -0.05) is 35.4 Å². The smallest absolute Gasteiger partial charge is 0.185 e. The summed E-state index contributed by atoms with van der Waals surface area (Å²) in [7, 11) is 0. The van der Waals surface area contributed by atoms with E-state index < -0.39 is 4.33 Å². The molecule has 0 unspecified atom stereocenters. The van der Waals surface area contributed by atoms with Gasteiger partial charge in [0.1, 0.15) is 0 Å². The van der Waals surface area contributed by atoms with Crippen LogP contribution < -0.4 is 0 Å². The van der Waals surface area contributed by atoms with Crippen LogP contribution in [0.1, 0.15) is 0 Å². The van der Waals surface area contributed by atoms with Crippen molar-refractivity contribution in [2.45, 2.75) is 4.33 Å². The molecule has 0 radical (unpaired) electrons. The van der Waals surface area contributed by atoms with Crippen molar-refractivity contribution in [3.63, 3.8) is 0 Å². The van der Waals surface area contributed by atoms with Gasteiger partial charge in [0.05, 0.1) is 0 Å². The van der Waals surface area contributed by atoms with E-state index in [4.69, 9.17) is 23.2 Å². The maximum atomic E-state index is 10.4. The molecule has 2 nitrogen and oxygen atoms in total. The van der Waals surface area contributed by atoms with Crippen LogP contribution in [0.5, 0.6) is 0 Å². The summed E-state index contributed by atoms with van der Waals surface area (Å²) in [4.78, 5) is 12.3. The van der Waals surface area contributed by atoms with Gasteiger partial charge in [-0.25, -0.2) is 0 Å². The molecule has 74 valence electrons. The number of hydrogen-bond acceptors (Lipinski definition) is 2. The van der Waals surface area contributed by atoms with Gasteiger partial charge in [-0.2, -0.15) is 0 Å². The van der Waals surface area contributed by atoms with Crippen molar-refractivity contribution >= 4 is 29.5 Å². The lowest BCUT2D eigenvalue weighted by Gasteiger charge is -2.23. The second-order valence-electron chi connectivity index (χ2n) is 2.65. The van der Waals surface area contributed by atoms with Crippen LogP contribution in [0, 0.1) is 0 Å². The van der Waals surface area contributed by atoms with Gasteiger partial charge >= 0.3 is 0 Å². The Morgan fingerprint density at radius 2 is 1.69 bits per heavy atom. The predicted molar refractivity (Wildman–Crippen MR) is 57.3 cm³/mol. The molecule has 0 spiro atoms. The van der Waals surface area contributed by atoms with Crippen molar-refractivity contribution in [2.24, 2.45) is 0 Å². The lowest BCUT2D eigenvalue weighted by molar-refractivity contribution is -0.108. The Hall–Kier alpha value is -0.310. The molecule has 0 amide bonds. The van der Waals surface area contributed by atoms with Crippen LogP contribution in [-0.2, 0) is 4.79 Å². The maximum Gasteiger partial charge on any atom is 0.185 e. The molecular weight excluding hydrogens is 209 g/mol. The van der Waals surface area contributed by atoms with E-state index in [9.17, 15) is 4.79 Å². The fraction of sp³-hybridized carbons (Fsp3) is 0.444. The predicted octanol–water partition coefficient (Wildman–Crippen LogP) is 2.03. The Morgan fingerprint density at radius 3 is 2.00 bits per heavy atom. The summed E-state index contributed by atoms with van der Waals surface area (Å²) in [5.74, 6) is 0. The van der Waals surface area contributed by atoms with Crippen molar-refractivity contribution in [1.29, 1.82) is 0 Å². The van der Waals surface area contributed by atoms with Gasteiger partial charge in [0.15, 0.2) is 10.6 Å². The highest BCUT2D eigenvalue weighted by molar-refractivity contribution is 6.55. The normalized spacial score (nSPS) is 11.3. The van der Waals surface area contributed by atoms with Crippen molar-refractivity contribution < 1.29 is 4.79 Å². The number of hydrogen-bond donors (Lipinski definition) is 0. The molecule has 0 aliphatic heterocycles.